The first-order valence-corrected chi connectivity index (χ1v) is 7.65. The Kier molecular flexibility index (Phi) is 3.50. The van der Waals surface area contributed by atoms with E-state index in [1.807, 2.05) is 36.4 Å². The normalized spacial score (nSPS) is 10.9. The molecule has 0 atom stereocenters. The number of benzene rings is 1. The van der Waals surface area contributed by atoms with Gasteiger partial charge in [0.1, 0.15) is 5.82 Å². The van der Waals surface area contributed by atoms with Gasteiger partial charge < -0.3 is 0 Å². The third-order valence-corrected chi connectivity index (χ3v) is 4.00. The Morgan fingerprint density at radius 1 is 0.833 bits per heavy atom. The molecule has 3 heterocycles. The van der Waals surface area contributed by atoms with Crippen molar-refractivity contribution >= 4 is 11.0 Å². The standard InChI is InChI=1S/C20H14FN3/c1-13-10-14(6-7-18(13)21)19-17(5-3-8-22-19)16-11-15-4-2-9-23-20(15)24-12-16/h2-12H,1H3. The molecule has 0 aliphatic heterocycles. The Labute approximate surface area is 138 Å². The SMILES string of the molecule is Cc1cc(-c2ncccc2-c2cnc3ncccc3c2)ccc1F. The molecule has 0 amide bonds. The highest BCUT2D eigenvalue weighted by Crippen LogP contribution is 2.31. The van der Waals surface area contributed by atoms with Crippen molar-refractivity contribution in [2.75, 3.05) is 0 Å². The Balaban J connectivity index is 1.90. The first-order chi connectivity index (χ1) is 11.7. The molecular formula is C20H14FN3. The predicted molar refractivity (Wildman–Crippen MR) is 92.9 cm³/mol. The highest BCUT2D eigenvalue weighted by Gasteiger charge is 2.11. The first kappa shape index (κ1) is 14.5. The van der Waals surface area contributed by atoms with Crippen LogP contribution < -0.4 is 0 Å². The van der Waals surface area contributed by atoms with E-state index >= 15 is 0 Å². The number of hydrogen-bond donors (Lipinski definition) is 0. The molecule has 0 spiro atoms. The second-order valence-corrected chi connectivity index (χ2v) is 5.64. The van der Waals surface area contributed by atoms with Crippen molar-refractivity contribution < 1.29 is 4.39 Å². The monoisotopic (exact) mass is 315 g/mol. The van der Waals surface area contributed by atoms with E-state index in [4.69, 9.17) is 0 Å². The zero-order valence-corrected chi connectivity index (χ0v) is 13.1. The van der Waals surface area contributed by atoms with E-state index in [9.17, 15) is 4.39 Å². The molecule has 0 unspecified atom stereocenters. The minimum Gasteiger partial charge on any atom is -0.256 e. The van der Waals surface area contributed by atoms with Crippen molar-refractivity contribution in [1.82, 2.24) is 15.0 Å². The number of nitrogens with zero attached hydrogens (tertiary/aromatic N) is 3. The maximum absolute atomic E-state index is 13.6. The number of hydrogen-bond acceptors (Lipinski definition) is 3. The summed E-state index contributed by atoms with van der Waals surface area (Å²) in [4.78, 5) is 13.2. The van der Waals surface area contributed by atoms with Crippen LogP contribution in [0.1, 0.15) is 5.56 Å². The molecule has 4 rings (SSSR count). The first-order valence-electron chi connectivity index (χ1n) is 7.65. The maximum Gasteiger partial charge on any atom is 0.159 e. The Bertz CT molecular complexity index is 1040. The maximum atomic E-state index is 13.6. The van der Waals surface area contributed by atoms with Gasteiger partial charge in [-0.25, -0.2) is 14.4 Å². The van der Waals surface area contributed by atoms with Crippen LogP contribution in [0.3, 0.4) is 0 Å². The van der Waals surface area contributed by atoms with Crippen molar-refractivity contribution in [3.8, 4) is 22.4 Å². The number of pyridine rings is 3. The molecule has 0 aliphatic carbocycles. The second kappa shape index (κ2) is 5.81. The zero-order chi connectivity index (χ0) is 16.5. The number of fused-ring (bicyclic) bond motifs is 1. The van der Waals surface area contributed by atoms with Crippen LogP contribution in [-0.2, 0) is 0 Å². The topological polar surface area (TPSA) is 38.7 Å². The highest BCUT2D eigenvalue weighted by atomic mass is 19.1. The van der Waals surface area contributed by atoms with E-state index in [1.54, 1.807) is 31.6 Å². The fourth-order valence-electron chi connectivity index (χ4n) is 2.77. The van der Waals surface area contributed by atoms with Gasteiger partial charge in [0.2, 0.25) is 0 Å². The molecule has 0 saturated carbocycles. The van der Waals surface area contributed by atoms with E-state index in [-0.39, 0.29) is 5.82 Å². The fraction of sp³-hybridized carbons (Fsp3) is 0.0500. The molecule has 4 heteroatoms. The lowest BCUT2D eigenvalue weighted by atomic mass is 9.99. The lowest BCUT2D eigenvalue weighted by Gasteiger charge is -2.10. The van der Waals surface area contributed by atoms with Gasteiger partial charge >= 0.3 is 0 Å². The van der Waals surface area contributed by atoms with Gasteiger partial charge in [-0.15, -0.1) is 0 Å². The summed E-state index contributed by atoms with van der Waals surface area (Å²) in [6.45, 7) is 1.75. The van der Waals surface area contributed by atoms with Crippen molar-refractivity contribution in [2.45, 2.75) is 6.92 Å². The summed E-state index contributed by atoms with van der Waals surface area (Å²) in [6, 6.07) is 14.9. The van der Waals surface area contributed by atoms with Crippen LogP contribution in [0.4, 0.5) is 4.39 Å². The van der Waals surface area contributed by atoms with Crippen LogP contribution >= 0.6 is 0 Å². The summed E-state index contributed by atoms with van der Waals surface area (Å²) in [5.74, 6) is -0.213. The Morgan fingerprint density at radius 3 is 2.54 bits per heavy atom. The third kappa shape index (κ3) is 2.52. The van der Waals surface area contributed by atoms with Crippen LogP contribution in [-0.4, -0.2) is 15.0 Å². The average molecular weight is 315 g/mol. The molecule has 0 bridgehead atoms. The predicted octanol–water partition coefficient (Wildman–Crippen LogP) is 4.81. The summed E-state index contributed by atoms with van der Waals surface area (Å²) in [5.41, 5.74) is 4.93. The zero-order valence-electron chi connectivity index (χ0n) is 13.1. The van der Waals surface area contributed by atoms with Crippen LogP contribution in [0.25, 0.3) is 33.4 Å². The molecule has 0 saturated heterocycles. The third-order valence-electron chi connectivity index (χ3n) is 4.00. The van der Waals surface area contributed by atoms with Gasteiger partial charge in [-0.3, -0.25) is 4.98 Å². The van der Waals surface area contributed by atoms with Crippen molar-refractivity contribution in [1.29, 1.82) is 0 Å². The van der Waals surface area contributed by atoms with Crippen LogP contribution in [0.2, 0.25) is 0 Å². The lowest BCUT2D eigenvalue weighted by molar-refractivity contribution is 0.619. The number of rotatable bonds is 2. The smallest absolute Gasteiger partial charge is 0.159 e. The quantitative estimate of drug-likeness (QED) is 0.533. The molecule has 3 aromatic heterocycles. The van der Waals surface area contributed by atoms with E-state index in [2.05, 4.69) is 15.0 Å². The summed E-state index contributed by atoms with van der Waals surface area (Å²) >= 11 is 0. The van der Waals surface area contributed by atoms with Gasteiger partial charge in [0.25, 0.3) is 0 Å². The largest absolute Gasteiger partial charge is 0.256 e. The number of aromatic nitrogens is 3. The van der Waals surface area contributed by atoms with Crippen LogP contribution in [0, 0.1) is 12.7 Å². The summed E-state index contributed by atoms with van der Waals surface area (Å²) in [6.07, 6.45) is 5.27. The molecule has 116 valence electrons. The van der Waals surface area contributed by atoms with Gasteiger partial charge in [0.15, 0.2) is 5.65 Å². The highest BCUT2D eigenvalue weighted by molar-refractivity contribution is 5.86. The molecular weight excluding hydrogens is 301 g/mol. The van der Waals surface area contributed by atoms with E-state index < -0.39 is 0 Å². The van der Waals surface area contributed by atoms with Crippen molar-refractivity contribution in [3.05, 3.63) is 78.5 Å². The van der Waals surface area contributed by atoms with E-state index in [1.165, 1.54) is 6.07 Å². The summed E-state index contributed by atoms with van der Waals surface area (Å²) in [5, 5.41) is 0.972. The molecule has 4 aromatic rings. The van der Waals surface area contributed by atoms with Gasteiger partial charge in [0, 0.05) is 40.7 Å². The van der Waals surface area contributed by atoms with E-state index in [0.717, 1.165) is 27.8 Å². The molecule has 0 N–H and O–H groups in total. The number of halogens is 1. The van der Waals surface area contributed by atoms with Gasteiger partial charge in [-0.2, -0.15) is 0 Å². The van der Waals surface area contributed by atoms with Crippen molar-refractivity contribution in [2.24, 2.45) is 0 Å². The van der Waals surface area contributed by atoms with Gasteiger partial charge in [-0.05, 0) is 55.0 Å². The summed E-state index contributed by atoms with van der Waals surface area (Å²) < 4.78 is 13.6. The molecule has 0 aliphatic rings. The molecule has 3 nitrogen and oxygen atoms in total. The van der Waals surface area contributed by atoms with E-state index in [0.29, 0.717) is 11.2 Å². The number of aryl methyl sites for hydroxylation is 1. The van der Waals surface area contributed by atoms with Crippen LogP contribution in [0.5, 0.6) is 0 Å². The minimum atomic E-state index is -0.213. The van der Waals surface area contributed by atoms with Gasteiger partial charge in [0.05, 0.1) is 5.69 Å². The second-order valence-electron chi connectivity index (χ2n) is 5.64. The molecule has 1 aromatic carbocycles. The fourth-order valence-corrected chi connectivity index (χ4v) is 2.77. The minimum absolute atomic E-state index is 0.213. The lowest BCUT2D eigenvalue weighted by Crippen LogP contribution is -1.92. The molecule has 0 fully saturated rings. The average Bonchev–Trinajstić information content (AvgIpc) is 2.63. The van der Waals surface area contributed by atoms with Gasteiger partial charge in [-0.1, -0.05) is 6.07 Å². The summed E-state index contributed by atoms with van der Waals surface area (Å²) in [7, 11) is 0. The van der Waals surface area contributed by atoms with Crippen molar-refractivity contribution in [3.63, 3.8) is 0 Å². The van der Waals surface area contributed by atoms with Crippen LogP contribution in [0.15, 0.2) is 67.1 Å². The molecule has 0 radical (unpaired) electrons. The molecule has 24 heavy (non-hydrogen) atoms. The Hall–Kier alpha value is -3.14. The Morgan fingerprint density at radius 2 is 1.67 bits per heavy atom.